The summed E-state index contributed by atoms with van der Waals surface area (Å²) in [6.07, 6.45) is 0. The zero-order valence-electron chi connectivity index (χ0n) is 10.7. The Bertz CT molecular complexity index is 981. The van der Waals surface area contributed by atoms with Crippen LogP contribution in [0.15, 0.2) is 48.0 Å². The molecule has 0 atom stereocenters. The SMILES string of the molecule is Fc1cccc(-c2cc(Cl)c3c(ccc4ncsc43)n2)c1. The van der Waals surface area contributed by atoms with Crippen LogP contribution in [0.4, 0.5) is 4.39 Å². The van der Waals surface area contributed by atoms with E-state index in [1.165, 1.54) is 23.5 Å². The number of nitrogens with zero attached hydrogens (tertiary/aromatic N) is 2. The van der Waals surface area contributed by atoms with Gasteiger partial charge in [-0.15, -0.1) is 11.3 Å². The Morgan fingerprint density at radius 2 is 1.90 bits per heavy atom. The highest BCUT2D eigenvalue weighted by Gasteiger charge is 2.11. The molecule has 0 aliphatic rings. The summed E-state index contributed by atoms with van der Waals surface area (Å²) >= 11 is 7.97. The second-order valence-corrected chi connectivity index (χ2v) is 5.92. The summed E-state index contributed by atoms with van der Waals surface area (Å²) < 4.78 is 14.4. The van der Waals surface area contributed by atoms with Gasteiger partial charge in [0.1, 0.15) is 5.82 Å². The minimum atomic E-state index is -0.288. The summed E-state index contributed by atoms with van der Waals surface area (Å²) in [5.41, 5.74) is 4.87. The number of benzene rings is 2. The number of aromatic nitrogens is 2. The Morgan fingerprint density at radius 3 is 2.76 bits per heavy atom. The first-order chi connectivity index (χ1) is 10.2. The Kier molecular flexibility index (Phi) is 2.87. The van der Waals surface area contributed by atoms with Crippen molar-refractivity contribution >= 4 is 44.1 Å². The highest BCUT2D eigenvalue weighted by atomic mass is 35.5. The van der Waals surface area contributed by atoms with E-state index in [4.69, 9.17) is 11.6 Å². The number of hydrogen-bond acceptors (Lipinski definition) is 3. The standard InChI is InChI=1S/C16H8ClFN2S/c17-11-7-14(9-2-1-3-10(18)6-9)20-12-4-5-13-16(15(11)12)21-8-19-13/h1-8H. The first kappa shape index (κ1) is 12.7. The van der Waals surface area contributed by atoms with Gasteiger partial charge in [-0.3, -0.25) is 0 Å². The van der Waals surface area contributed by atoms with E-state index in [0.29, 0.717) is 16.3 Å². The second-order valence-electron chi connectivity index (χ2n) is 4.66. The third-order valence-electron chi connectivity index (χ3n) is 3.34. The van der Waals surface area contributed by atoms with Crippen molar-refractivity contribution in [3.8, 4) is 11.3 Å². The average Bonchev–Trinajstić information content (AvgIpc) is 2.95. The largest absolute Gasteiger partial charge is 0.248 e. The molecule has 0 N–H and O–H groups in total. The lowest BCUT2D eigenvalue weighted by molar-refractivity contribution is 0.628. The molecule has 2 aromatic carbocycles. The molecule has 21 heavy (non-hydrogen) atoms. The van der Waals surface area contributed by atoms with Gasteiger partial charge in [-0.05, 0) is 30.3 Å². The predicted octanol–water partition coefficient (Wildman–Crippen LogP) is 5.30. The van der Waals surface area contributed by atoms with Gasteiger partial charge in [0.2, 0.25) is 0 Å². The van der Waals surface area contributed by atoms with Crippen molar-refractivity contribution in [2.24, 2.45) is 0 Å². The fourth-order valence-electron chi connectivity index (χ4n) is 2.39. The van der Waals surface area contributed by atoms with Crippen molar-refractivity contribution in [3.05, 3.63) is 58.8 Å². The van der Waals surface area contributed by atoms with Crippen molar-refractivity contribution in [1.29, 1.82) is 0 Å². The van der Waals surface area contributed by atoms with Crippen molar-refractivity contribution in [3.63, 3.8) is 0 Å². The van der Waals surface area contributed by atoms with E-state index < -0.39 is 0 Å². The molecule has 2 nitrogen and oxygen atoms in total. The Labute approximate surface area is 128 Å². The molecule has 0 saturated carbocycles. The van der Waals surface area contributed by atoms with E-state index in [9.17, 15) is 4.39 Å². The summed E-state index contributed by atoms with van der Waals surface area (Å²) in [7, 11) is 0. The molecule has 2 aromatic heterocycles. The van der Waals surface area contributed by atoms with Crippen molar-refractivity contribution < 1.29 is 4.39 Å². The fraction of sp³-hybridized carbons (Fsp3) is 0. The third-order valence-corrected chi connectivity index (χ3v) is 4.50. The first-order valence-corrected chi connectivity index (χ1v) is 7.56. The highest BCUT2D eigenvalue weighted by molar-refractivity contribution is 7.17. The van der Waals surface area contributed by atoms with Crippen LogP contribution >= 0.6 is 22.9 Å². The summed E-state index contributed by atoms with van der Waals surface area (Å²) in [5.74, 6) is -0.288. The molecule has 0 saturated heterocycles. The molecule has 0 fully saturated rings. The monoisotopic (exact) mass is 314 g/mol. The molecule has 102 valence electrons. The van der Waals surface area contributed by atoms with Crippen molar-refractivity contribution in [2.75, 3.05) is 0 Å². The lowest BCUT2D eigenvalue weighted by atomic mass is 10.1. The van der Waals surface area contributed by atoms with Gasteiger partial charge in [0.25, 0.3) is 0 Å². The number of fused-ring (bicyclic) bond motifs is 3. The molecule has 4 rings (SSSR count). The topological polar surface area (TPSA) is 25.8 Å². The van der Waals surface area contributed by atoms with E-state index in [-0.39, 0.29) is 5.82 Å². The smallest absolute Gasteiger partial charge is 0.123 e. The van der Waals surface area contributed by atoms with Crippen molar-refractivity contribution in [2.45, 2.75) is 0 Å². The summed E-state index contributed by atoms with van der Waals surface area (Å²) in [6, 6.07) is 11.9. The van der Waals surface area contributed by atoms with Crippen molar-refractivity contribution in [1.82, 2.24) is 9.97 Å². The second kappa shape index (κ2) is 4.76. The lowest BCUT2D eigenvalue weighted by Crippen LogP contribution is -1.88. The maximum Gasteiger partial charge on any atom is 0.123 e. The Hall–Kier alpha value is -2.04. The molecule has 4 aromatic rings. The summed E-state index contributed by atoms with van der Waals surface area (Å²) in [6.45, 7) is 0. The van der Waals surface area contributed by atoms with E-state index in [0.717, 1.165) is 21.1 Å². The molecule has 0 radical (unpaired) electrons. The average molecular weight is 315 g/mol. The van der Waals surface area contributed by atoms with Crippen LogP contribution in [0.3, 0.4) is 0 Å². The maximum absolute atomic E-state index is 13.4. The molecule has 0 spiro atoms. The Balaban J connectivity index is 2.03. The maximum atomic E-state index is 13.4. The molecule has 0 aliphatic carbocycles. The van der Waals surface area contributed by atoms with Gasteiger partial charge >= 0.3 is 0 Å². The Morgan fingerprint density at radius 1 is 1.05 bits per heavy atom. The van der Waals surface area contributed by atoms with Gasteiger partial charge in [-0.25, -0.2) is 14.4 Å². The predicted molar refractivity (Wildman–Crippen MR) is 85.3 cm³/mol. The van der Waals surface area contributed by atoms with Gasteiger partial charge < -0.3 is 0 Å². The minimum absolute atomic E-state index is 0.288. The van der Waals surface area contributed by atoms with Crippen LogP contribution in [-0.2, 0) is 0 Å². The normalized spacial score (nSPS) is 11.3. The lowest BCUT2D eigenvalue weighted by Gasteiger charge is -2.06. The highest BCUT2D eigenvalue weighted by Crippen LogP contribution is 2.34. The van der Waals surface area contributed by atoms with Crippen LogP contribution in [0.25, 0.3) is 32.4 Å². The van der Waals surface area contributed by atoms with Gasteiger partial charge in [0.15, 0.2) is 0 Å². The van der Waals surface area contributed by atoms with Crippen LogP contribution in [0, 0.1) is 5.82 Å². The molecule has 5 heteroatoms. The molecule has 0 bridgehead atoms. The van der Waals surface area contributed by atoms with Crippen LogP contribution in [0.1, 0.15) is 0 Å². The van der Waals surface area contributed by atoms with Crippen LogP contribution < -0.4 is 0 Å². The van der Waals surface area contributed by atoms with E-state index in [2.05, 4.69) is 9.97 Å². The molecular weight excluding hydrogens is 307 g/mol. The zero-order valence-corrected chi connectivity index (χ0v) is 12.2. The van der Waals surface area contributed by atoms with E-state index in [1.54, 1.807) is 17.6 Å². The summed E-state index contributed by atoms with van der Waals surface area (Å²) in [4.78, 5) is 8.89. The van der Waals surface area contributed by atoms with Gasteiger partial charge in [-0.2, -0.15) is 0 Å². The first-order valence-electron chi connectivity index (χ1n) is 6.31. The summed E-state index contributed by atoms with van der Waals surface area (Å²) in [5, 5.41) is 1.51. The minimum Gasteiger partial charge on any atom is -0.248 e. The molecule has 0 amide bonds. The number of halogens is 2. The van der Waals surface area contributed by atoms with Gasteiger partial charge in [-0.1, -0.05) is 23.7 Å². The molecule has 2 heterocycles. The molecule has 0 unspecified atom stereocenters. The van der Waals surface area contributed by atoms with Gasteiger partial charge in [0, 0.05) is 10.9 Å². The van der Waals surface area contributed by atoms with E-state index >= 15 is 0 Å². The molecular formula is C16H8ClFN2S. The van der Waals surface area contributed by atoms with Gasteiger partial charge in [0.05, 0.1) is 32.0 Å². The number of rotatable bonds is 1. The third kappa shape index (κ3) is 2.07. The fourth-order valence-corrected chi connectivity index (χ4v) is 3.59. The number of hydrogen-bond donors (Lipinski definition) is 0. The van der Waals surface area contributed by atoms with Crippen LogP contribution in [-0.4, -0.2) is 9.97 Å². The van der Waals surface area contributed by atoms with E-state index in [1.807, 2.05) is 18.2 Å². The molecule has 0 aliphatic heterocycles. The zero-order chi connectivity index (χ0) is 14.4. The van der Waals surface area contributed by atoms with Crippen LogP contribution in [0.5, 0.6) is 0 Å². The quantitative estimate of drug-likeness (QED) is 0.476. The number of pyridine rings is 1. The van der Waals surface area contributed by atoms with Crippen LogP contribution in [0.2, 0.25) is 5.02 Å². The number of thiazole rings is 1.